The predicted molar refractivity (Wildman–Crippen MR) is 63.2 cm³/mol. The smallest absolute Gasteiger partial charge is 0.401 e. The Hall–Kier alpha value is -1.40. The zero-order valence-corrected chi connectivity index (χ0v) is 10.5. The highest BCUT2D eigenvalue weighted by atomic mass is 31.2. The first-order chi connectivity index (χ1) is 8.19. The maximum absolute atomic E-state index is 10.9. The van der Waals surface area contributed by atoms with Crippen molar-refractivity contribution in [1.29, 1.82) is 0 Å². The molecule has 7 nitrogen and oxygen atoms in total. The lowest BCUT2D eigenvalue weighted by molar-refractivity contribution is -0.139. The van der Waals surface area contributed by atoms with Crippen LogP contribution in [0, 0.1) is 6.92 Å². The SMILES string of the molecule is Cc1cc(CC(NP(=O)(O)O)C(=O)O)ccc1O. The molecular formula is C10H14NO6P. The summed E-state index contributed by atoms with van der Waals surface area (Å²) in [6, 6.07) is 3.07. The number of hydrogen-bond acceptors (Lipinski definition) is 3. The van der Waals surface area contributed by atoms with Crippen molar-refractivity contribution >= 4 is 13.7 Å². The van der Waals surface area contributed by atoms with E-state index in [0.29, 0.717) is 11.1 Å². The van der Waals surface area contributed by atoms with E-state index in [4.69, 9.17) is 14.9 Å². The van der Waals surface area contributed by atoms with Gasteiger partial charge in [-0.05, 0) is 30.5 Å². The number of rotatable bonds is 5. The molecule has 0 radical (unpaired) electrons. The summed E-state index contributed by atoms with van der Waals surface area (Å²) in [6.07, 6.45) is -0.0957. The second-order valence-electron chi connectivity index (χ2n) is 3.89. The molecule has 0 bridgehead atoms. The van der Waals surface area contributed by atoms with Crippen LogP contribution in [0.15, 0.2) is 18.2 Å². The number of aliphatic carboxylic acids is 1. The molecule has 100 valence electrons. The molecule has 5 N–H and O–H groups in total. The normalized spacial score (nSPS) is 13.3. The van der Waals surface area contributed by atoms with E-state index in [9.17, 15) is 14.5 Å². The molecule has 0 heterocycles. The highest BCUT2D eigenvalue weighted by Crippen LogP contribution is 2.30. The molecule has 0 aliphatic carbocycles. The largest absolute Gasteiger partial charge is 0.508 e. The third-order valence-corrected chi connectivity index (χ3v) is 2.97. The summed E-state index contributed by atoms with van der Waals surface area (Å²) < 4.78 is 10.7. The number of nitrogens with one attached hydrogen (secondary N) is 1. The molecule has 0 saturated carbocycles. The Morgan fingerprint density at radius 1 is 1.44 bits per heavy atom. The lowest BCUT2D eigenvalue weighted by Crippen LogP contribution is -2.36. The fourth-order valence-electron chi connectivity index (χ4n) is 1.47. The van der Waals surface area contributed by atoms with E-state index in [1.54, 1.807) is 18.1 Å². The molecule has 0 aromatic heterocycles. The van der Waals surface area contributed by atoms with E-state index < -0.39 is 19.8 Å². The molecule has 8 heteroatoms. The molecule has 0 aliphatic heterocycles. The van der Waals surface area contributed by atoms with Gasteiger partial charge in [0.05, 0.1) is 0 Å². The fraction of sp³-hybridized carbons (Fsp3) is 0.300. The molecule has 18 heavy (non-hydrogen) atoms. The molecule has 1 atom stereocenters. The Morgan fingerprint density at radius 3 is 2.50 bits per heavy atom. The summed E-state index contributed by atoms with van der Waals surface area (Å²) in [7, 11) is -4.61. The Kier molecular flexibility index (Phi) is 4.48. The van der Waals surface area contributed by atoms with Crippen molar-refractivity contribution in [3.63, 3.8) is 0 Å². The molecule has 0 aliphatic rings. The second-order valence-corrected chi connectivity index (χ2v) is 5.24. The van der Waals surface area contributed by atoms with Gasteiger partial charge in [0, 0.05) is 0 Å². The van der Waals surface area contributed by atoms with Crippen LogP contribution in [0.3, 0.4) is 0 Å². The maximum Gasteiger partial charge on any atom is 0.401 e. The number of phenols is 1. The van der Waals surface area contributed by atoms with Crippen molar-refractivity contribution in [3.05, 3.63) is 29.3 Å². The van der Waals surface area contributed by atoms with Crippen molar-refractivity contribution in [2.75, 3.05) is 0 Å². The Labute approximate surface area is 103 Å². The van der Waals surface area contributed by atoms with Crippen molar-refractivity contribution < 1.29 is 29.4 Å². The van der Waals surface area contributed by atoms with E-state index in [0.717, 1.165) is 0 Å². The van der Waals surface area contributed by atoms with Gasteiger partial charge in [-0.15, -0.1) is 0 Å². The monoisotopic (exact) mass is 275 g/mol. The highest BCUT2D eigenvalue weighted by molar-refractivity contribution is 7.49. The molecule has 1 unspecified atom stereocenters. The lowest BCUT2D eigenvalue weighted by atomic mass is 10.0. The van der Waals surface area contributed by atoms with E-state index in [2.05, 4.69) is 0 Å². The van der Waals surface area contributed by atoms with Gasteiger partial charge in [-0.1, -0.05) is 12.1 Å². The summed E-state index contributed by atoms with van der Waals surface area (Å²) >= 11 is 0. The molecule has 0 spiro atoms. The molecular weight excluding hydrogens is 261 g/mol. The van der Waals surface area contributed by atoms with Crippen LogP contribution in [0.2, 0.25) is 0 Å². The van der Waals surface area contributed by atoms with Gasteiger partial charge in [0.1, 0.15) is 11.8 Å². The average Bonchev–Trinajstić information content (AvgIpc) is 2.20. The summed E-state index contributed by atoms with van der Waals surface area (Å²) in [5.41, 5.74) is 1.12. The van der Waals surface area contributed by atoms with Gasteiger partial charge in [0.15, 0.2) is 0 Å². The number of aromatic hydroxyl groups is 1. The molecule has 1 aromatic carbocycles. The number of hydrogen-bond donors (Lipinski definition) is 5. The van der Waals surface area contributed by atoms with Crippen LogP contribution >= 0.6 is 7.75 Å². The van der Waals surface area contributed by atoms with E-state index in [1.807, 2.05) is 0 Å². The molecule has 0 fully saturated rings. The van der Waals surface area contributed by atoms with Crippen LogP contribution in [0.4, 0.5) is 0 Å². The van der Waals surface area contributed by atoms with Gasteiger partial charge in [0.25, 0.3) is 0 Å². The van der Waals surface area contributed by atoms with Crippen LogP contribution in [0.5, 0.6) is 5.75 Å². The molecule has 0 amide bonds. The average molecular weight is 275 g/mol. The van der Waals surface area contributed by atoms with Gasteiger partial charge in [-0.2, -0.15) is 0 Å². The predicted octanol–water partition coefficient (Wildman–Crippen LogP) is 0.379. The Bertz CT molecular complexity index is 497. The van der Waals surface area contributed by atoms with Crippen LogP contribution in [-0.2, 0) is 15.8 Å². The first-order valence-corrected chi connectivity index (χ1v) is 6.65. The number of carboxylic acid groups (broad SMARTS) is 1. The van der Waals surface area contributed by atoms with E-state index in [-0.39, 0.29) is 12.2 Å². The standard InChI is InChI=1S/C10H14NO6P/c1-6-4-7(2-3-9(6)12)5-8(10(13)14)11-18(15,16)17/h2-4,8,12H,5H2,1H3,(H,13,14)(H3,11,15,16,17). The number of phenolic OH excluding ortho intramolecular Hbond substituents is 1. The lowest BCUT2D eigenvalue weighted by Gasteiger charge is -2.15. The van der Waals surface area contributed by atoms with Crippen molar-refractivity contribution in [3.8, 4) is 5.75 Å². The second kappa shape index (κ2) is 5.49. The maximum atomic E-state index is 10.9. The summed E-state index contributed by atoms with van der Waals surface area (Å²) in [5, 5.41) is 19.9. The minimum atomic E-state index is -4.61. The first kappa shape index (κ1) is 14.7. The number of benzene rings is 1. The quantitative estimate of drug-likeness (QED) is 0.491. The summed E-state index contributed by atoms with van der Waals surface area (Å²) in [6.45, 7) is 1.64. The number of carboxylic acids is 1. The Morgan fingerprint density at radius 2 is 2.06 bits per heavy atom. The third kappa shape index (κ3) is 4.46. The van der Waals surface area contributed by atoms with Crippen LogP contribution in [0.1, 0.15) is 11.1 Å². The van der Waals surface area contributed by atoms with Crippen molar-refractivity contribution in [1.82, 2.24) is 5.09 Å². The van der Waals surface area contributed by atoms with Gasteiger partial charge in [-0.3, -0.25) is 4.79 Å². The minimum Gasteiger partial charge on any atom is -0.508 e. The van der Waals surface area contributed by atoms with Crippen molar-refractivity contribution in [2.45, 2.75) is 19.4 Å². The zero-order chi connectivity index (χ0) is 13.9. The molecule has 0 saturated heterocycles. The number of aryl methyl sites for hydroxylation is 1. The highest BCUT2D eigenvalue weighted by Gasteiger charge is 2.26. The van der Waals surface area contributed by atoms with Crippen LogP contribution in [-0.4, -0.2) is 32.0 Å². The number of carbonyl (C=O) groups is 1. The topological polar surface area (TPSA) is 127 Å². The van der Waals surface area contributed by atoms with Gasteiger partial charge in [-0.25, -0.2) is 9.65 Å². The van der Waals surface area contributed by atoms with E-state index in [1.165, 1.54) is 12.1 Å². The van der Waals surface area contributed by atoms with Gasteiger partial charge in [0.2, 0.25) is 0 Å². The van der Waals surface area contributed by atoms with Crippen molar-refractivity contribution in [2.24, 2.45) is 0 Å². The van der Waals surface area contributed by atoms with Gasteiger partial charge >= 0.3 is 13.7 Å². The van der Waals surface area contributed by atoms with Crippen LogP contribution in [0.25, 0.3) is 0 Å². The summed E-state index contributed by atoms with van der Waals surface area (Å²) in [5.74, 6) is -1.28. The molecule has 1 rings (SSSR count). The summed E-state index contributed by atoms with van der Waals surface area (Å²) in [4.78, 5) is 28.3. The Balaban J connectivity index is 2.87. The van der Waals surface area contributed by atoms with E-state index >= 15 is 0 Å². The minimum absolute atomic E-state index is 0.0774. The first-order valence-electron chi connectivity index (χ1n) is 5.03. The fourth-order valence-corrected chi connectivity index (χ4v) is 2.08. The molecule has 1 aromatic rings. The van der Waals surface area contributed by atoms with Gasteiger partial charge < -0.3 is 20.0 Å². The third-order valence-electron chi connectivity index (χ3n) is 2.32. The zero-order valence-electron chi connectivity index (χ0n) is 9.57. The van der Waals surface area contributed by atoms with Crippen LogP contribution < -0.4 is 5.09 Å².